The number of halogens is 3. The third kappa shape index (κ3) is 5.33. The van der Waals surface area contributed by atoms with Crippen molar-refractivity contribution >= 4 is 0 Å². The minimum Gasteiger partial charge on any atom is -0.454 e. The van der Waals surface area contributed by atoms with Crippen LogP contribution in [-0.4, -0.2) is 37.5 Å². The molecule has 0 saturated heterocycles. The van der Waals surface area contributed by atoms with Crippen molar-refractivity contribution in [2.24, 2.45) is 0 Å². The first kappa shape index (κ1) is 18.5. The summed E-state index contributed by atoms with van der Waals surface area (Å²) in [4.78, 5) is 23.4. The van der Waals surface area contributed by atoms with E-state index in [1.54, 1.807) is 12.4 Å². The third-order valence-corrected chi connectivity index (χ3v) is 3.52. The lowest BCUT2D eigenvalue weighted by Crippen LogP contribution is -2.23. The molecule has 7 nitrogen and oxygen atoms in total. The van der Waals surface area contributed by atoms with Crippen molar-refractivity contribution in [2.45, 2.75) is 19.1 Å². The number of rotatable bonds is 6. The monoisotopic (exact) mass is 377 g/mol. The maximum atomic E-state index is 12.1. The minimum atomic E-state index is -4.46. The Balaban J connectivity index is 1.72. The summed E-state index contributed by atoms with van der Waals surface area (Å²) >= 11 is 0. The lowest BCUT2D eigenvalue weighted by atomic mass is 10.2. The number of aryl methyl sites for hydroxylation is 2. The Labute approximate surface area is 151 Å². The number of alkyl halides is 3. The first-order chi connectivity index (χ1) is 12.9. The molecule has 0 amide bonds. The second-order valence-corrected chi connectivity index (χ2v) is 5.54. The van der Waals surface area contributed by atoms with E-state index in [-0.39, 0.29) is 11.6 Å². The van der Waals surface area contributed by atoms with Crippen LogP contribution in [-0.2, 0) is 13.0 Å². The predicted molar refractivity (Wildman–Crippen MR) is 89.0 cm³/mol. The van der Waals surface area contributed by atoms with E-state index in [1.807, 2.05) is 12.1 Å². The molecule has 0 unspecified atom stereocenters. The minimum absolute atomic E-state index is 0.265. The molecule has 3 aromatic rings. The number of ether oxygens (including phenoxy) is 1. The van der Waals surface area contributed by atoms with Gasteiger partial charge in [-0.1, -0.05) is 0 Å². The highest BCUT2D eigenvalue weighted by Gasteiger charge is 2.28. The van der Waals surface area contributed by atoms with Gasteiger partial charge in [0.1, 0.15) is 0 Å². The molecule has 0 aliphatic carbocycles. The number of hydrogen-bond donors (Lipinski definition) is 0. The van der Waals surface area contributed by atoms with Gasteiger partial charge in [-0.2, -0.15) is 18.3 Å². The fourth-order valence-corrected chi connectivity index (χ4v) is 2.22. The Kier molecular flexibility index (Phi) is 5.43. The number of pyridine rings is 1. The first-order valence-electron chi connectivity index (χ1n) is 7.90. The smallest absolute Gasteiger partial charge is 0.422 e. The van der Waals surface area contributed by atoms with Gasteiger partial charge in [0.2, 0.25) is 0 Å². The summed E-state index contributed by atoms with van der Waals surface area (Å²) in [5.41, 5.74) is 1.62. The van der Waals surface area contributed by atoms with Gasteiger partial charge in [-0.15, -0.1) is 0 Å². The fourth-order valence-electron chi connectivity index (χ4n) is 2.22. The summed E-state index contributed by atoms with van der Waals surface area (Å²) < 4.78 is 42.2. The molecule has 27 heavy (non-hydrogen) atoms. The van der Waals surface area contributed by atoms with Crippen molar-refractivity contribution in [3.8, 4) is 17.3 Å². The molecule has 0 spiro atoms. The molecule has 3 heterocycles. The molecule has 0 radical (unpaired) electrons. The van der Waals surface area contributed by atoms with Crippen molar-refractivity contribution in [2.75, 3.05) is 6.61 Å². The fraction of sp³-hybridized carbons (Fsp3) is 0.235. The molecule has 3 aromatic heterocycles. The van der Waals surface area contributed by atoms with Crippen LogP contribution in [0.3, 0.4) is 0 Å². The van der Waals surface area contributed by atoms with Crippen LogP contribution in [0, 0.1) is 0 Å². The molecule has 0 aliphatic heterocycles. The van der Waals surface area contributed by atoms with Gasteiger partial charge in [0.05, 0.1) is 5.69 Å². The normalized spacial score (nSPS) is 11.4. The second-order valence-electron chi connectivity index (χ2n) is 5.54. The van der Waals surface area contributed by atoms with Crippen molar-refractivity contribution < 1.29 is 17.9 Å². The largest absolute Gasteiger partial charge is 0.454 e. The molecule has 0 N–H and O–H groups in total. The van der Waals surface area contributed by atoms with Crippen LogP contribution in [0.1, 0.15) is 5.56 Å². The maximum Gasteiger partial charge on any atom is 0.422 e. The Morgan fingerprint density at radius 1 is 1.04 bits per heavy atom. The highest BCUT2D eigenvalue weighted by Crippen LogP contribution is 2.18. The number of hydrogen-bond acceptors (Lipinski definition) is 6. The van der Waals surface area contributed by atoms with Crippen molar-refractivity contribution in [1.82, 2.24) is 24.7 Å². The quantitative estimate of drug-likeness (QED) is 0.655. The molecular formula is C17H14F3N5O2. The number of nitrogens with zero attached hydrogens (tertiary/aromatic N) is 5. The summed E-state index contributed by atoms with van der Waals surface area (Å²) in [5.74, 6) is 0. The summed E-state index contributed by atoms with van der Waals surface area (Å²) in [5, 5.41) is 4.26. The van der Waals surface area contributed by atoms with E-state index in [9.17, 15) is 18.0 Å². The van der Waals surface area contributed by atoms with Gasteiger partial charge < -0.3 is 4.74 Å². The molecule has 0 saturated carbocycles. The van der Waals surface area contributed by atoms with Gasteiger partial charge >= 0.3 is 12.2 Å². The summed E-state index contributed by atoms with van der Waals surface area (Å²) in [6.07, 6.45) is 2.05. The van der Waals surface area contributed by atoms with E-state index in [0.29, 0.717) is 24.2 Å². The zero-order valence-electron chi connectivity index (χ0n) is 13.9. The standard InChI is InChI=1S/C17H14F3N5O2/c18-17(19,20)11-27-16-22-9-13(10-23-16)14-1-2-15(26)25(24-14)8-5-12-3-6-21-7-4-12/h1-4,6-7,9-10H,5,8,11H2. The molecule has 0 aromatic carbocycles. The Hall–Kier alpha value is -3.30. The molecule has 0 atom stereocenters. The molecule has 0 fully saturated rings. The molecule has 10 heteroatoms. The van der Waals surface area contributed by atoms with E-state index in [4.69, 9.17) is 0 Å². The topological polar surface area (TPSA) is 82.8 Å². The lowest BCUT2D eigenvalue weighted by molar-refractivity contribution is -0.154. The maximum absolute atomic E-state index is 12.1. The average Bonchev–Trinajstić information content (AvgIpc) is 2.66. The molecule has 140 valence electrons. The zero-order chi connectivity index (χ0) is 19.3. The van der Waals surface area contributed by atoms with Crippen LogP contribution in [0.25, 0.3) is 11.3 Å². The van der Waals surface area contributed by atoms with Crippen LogP contribution in [0.2, 0.25) is 0 Å². The van der Waals surface area contributed by atoms with E-state index in [0.717, 1.165) is 5.56 Å². The van der Waals surface area contributed by atoms with Gasteiger partial charge in [0.15, 0.2) is 6.61 Å². The Morgan fingerprint density at radius 3 is 2.41 bits per heavy atom. The summed E-state index contributed by atoms with van der Waals surface area (Å²) in [6.45, 7) is -1.10. The van der Waals surface area contributed by atoms with Crippen LogP contribution in [0.15, 0.2) is 53.8 Å². The zero-order valence-corrected chi connectivity index (χ0v) is 13.9. The van der Waals surface area contributed by atoms with Crippen LogP contribution in [0.5, 0.6) is 6.01 Å². The van der Waals surface area contributed by atoms with Crippen molar-refractivity contribution in [1.29, 1.82) is 0 Å². The van der Waals surface area contributed by atoms with E-state index in [2.05, 4.69) is 24.8 Å². The van der Waals surface area contributed by atoms with Gasteiger partial charge in [-0.05, 0) is 30.2 Å². The molecule has 0 aliphatic rings. The summed E-state index contributed by atoms with van der Waals surface area (Å²) in [6, 6.07) is 6.18. The number of aromatic nitrogens is 5. The SMILES string of the molecule is O=c1ccc(-c2cnc(OCC(F)(F)F)nc2)nn1CCc1ccncc1. The molecule has 0 bridgehead atoms. The van der Waals surface area contributed by atoms with E-state index >= 15 is 0 Å². The first-order valence-corrected chi connectivity index (χ1v) is 7.90. The third-order valence-electron chi connectivity index (χ3n) is 3.52. The van der Waals surface area contributed by atoms with Crippen LogP contribution >= 0.6 is 0 Å². The van der Waals surface area contributed by atoms with E-state index < -0.39 is 12.8 Å². The van der Waals surface area contributed by atoms with Gasteiger partial charge in [-0.3, -0.25) is 9.78 Å². The van der Waals surface area contributed by atoms with Crippen molar-refractivity contribution in [3.63, 3.8) is 0 Å². The van der Waals surface area contributed by atoms with E-state index in [1.165, 1.54) is 29.2 Å². The highest BCUT2D eigenvalue weighted by molar-refractivity contribution is 5.55. The molecule has 3 rings (SSSR count). The van der Waals surface area contributed by atoms with Crippen LogP contribution in [0.4, 0.5) is 13.2 Å². The summed E-state index contributed by atoms with van der Waals surface area (Å²) in [7, 11) is 0. The van der Waals surface area contributed by atoms with Gasteiger partial charge in [0, 0.05) is 43.0 Å². The lowest BCUT2D eigenvalue weighted by Gasteiger charge is -2.09. The average molecular weight is 377 g/mol. The molecular weight excluding hydrogens is 363 g/mol. The Bertz CT molecular complexity index is 943. The predicted octanol–water partition coefficient (Wildman–Crippen LogP) is 2.28. The highest BCUT2D eigenvalue weighted by atomic mass is 19.4. The van der Waals surface area contributed by atoms with Crippen LogP contribution < -0.4 is 10.3 Å². The van der Waals surface area contributed by atoms with Crippen molar-refractivity contribution in [3.05, 3.63) is 65.0 Å². The van der Waals surface area contributed by atoms with Gasteiger partial charge in [-0.25, -0.2) is 14.6 Å². The van der Waals surface area contributed by atoms with Gasteiger partial charge in [0.25, 0.3) is 5.56 Å². The second kappa shape index (κ2) is 7.94. The Morgan fingerprint density at radius 2 is 1.74 bits per heavy atom.